The van der Waals surface area contributed by atoms with E-state index in [1.807, 2.05) is 26.0 Å². The highest BCUT2D eigenvalue weighted by atomic mass is 32.1. The maximum absolute atomic E-state index is 13.1. The molecule has 0 aliphatic carbocycles. The second-order valence-corrected chi connectivity index (χ2v) is 6.05. The van der Waals surface area contributed by atoms with Crippen LogP contribution >= 0.6 is 11.3 Å². The maximum Gasteiger partial charge on any atom is 0.191 e. The fraction of sp³-hybridized carbons (Fsp3) is 0.353. The first-order chi connectivity index (χ1) is 10.7. The van der Waals surface area contributed by atoms with Crippen molar-refractivity contribution in [2.75, 3.05) is 13.1 Å². The predicted molar refractivity (Wildman–Crippen MR) is 92.0 cm³/mol. The van der Waals surface area contributed by atoms with Gasteiger partial charge in [-0.1, -0.05) is 12.1 Å². The summed E-state index contributed by atoms with van der Waals surface area (Å²) in [4.78, 5) is 5.81. The van der Waals surface area contributed by atoms with E-state index in [4.69, 9.17) is 0 Å². The van der Waals surface area contributed by atoms with E-state index >= 15 is 0 Å². The number of hydrogen-bond donors (Lipinski definition) is 2. The Hall–Kier alpha value is -1.88. The number of nitrogens with one attached hydrogen (secondary N) is 2. The molecule has 3 nitrogen and oxygen atoms in total. The number of halogens is 1. The average molecular weight is 319 g/mol. The smallest absolute Gasteiger partial charge is 0.191 e. The van der Waals surface area contributed by atoms with Crippen LogP contribution in [0, 0.1) is 12.7 Å². The normalized spacial score (nSPS) is 11.5. The molecule has 22 heavy (non-hydrogen) atoms. The summed E-state index contributed by atoms with van der Waals surface area (Å²) < 4.78 is 13.1. The van der Waals surface area contributed by atoms with E-state index in [1.54, 1.807) is 17.4 Å². The molecule has 2 N–H and O–H groups in total. The molecule has 0 saturated heterocycles. The summed E-state index contributed by atoms with van der Waals surface area (Å²) >= 11 is 1.71. The van der Waals surface area contributed by atoms with Crippen molar-refractivity contribution < 1.29 is 4.39 Å². The van der Waals surface area contributed by atoms with Crippen molar-refractivity contribution in [3.63, 3.8) is 0 Å². The molecule has 0 aliphatic heterocycles. The minimum Gasteiger partial charge on any atom is -0.357 e. The molecule has 1 aromatic heterocycles. The molecule has 0 bridgehead atoms. The molecule has 0 saturated carbocycles. The van der Waals surface area contributed by atoms with Crippen LogP contribution in [0.15, 0.2) is 40.7 Å². The monoisotopic (exact) mass is 319 g/mol. The zero-order chi connectivity index (χ0) is 15.8. The molecule has 0 fully saturated rings. The van der Waals surface area contributed by atoms with Gasteiger partial charge in [0.25, 0.3) is 0 Å². The molecule has 5 heteroatoms. The Labute approximate surface area is 135 Å². The van der Waals surface area contributed by atoms with Crippen LogP contribution in [0.25, 0.3) is 0 Å². The molecule has 0 atom stereocenters. The Morgan fingerprint density at radius 3 is 2.82 bits per heavy atom. The van der Waals surface area contributed by atoms with Crippen LogP contribution in [0.2, 0.25) is 0 Å². The number of benzene rings is 1. The highest BCUT2D eigenvalue weighted by Crippen LogP contribution is 2.11. The van der Waals surface area contributed by atoms with E-state index in [9.17, 15) is 4.39 Å². The molecule has 1 heterocycles. The van der Waals surface area contributed by atoms with Crippen LogP contribution < -0.4 is 10.6 Å². The summed E-state index contributed by atoms with van der Waals surface area (Å²) in [6.07, 6.45) is 0.843. The Balaban J connectivity index is 1.87. The number of rotatable bonds is 6. The Morgan fingerprint density at radius 1 is 1.27 bits per heavy atom. The first-order valence-corrected chi connectivity index (χ1v) is 8.36. The van der Waals surface area contributed by atoms with E-state index in [0.717, 1.165) is 36.6 Å². The molecule has 2 rings (SSSR count). The summed E-state index contributed by atoms with van der Waals surface area (Å²) in [6.45, 7) is 6.26. The Bertz CT molecular complexity index is 608. The largest absolute Gasteiger partial charge is 0.357 e. The van der Waals surface area contributed by atoms with Crippen molar-refractivity contribution in [1.82, 2.24) is 10.6 Å². The van der Waals surface area contributed by atoms with Gasteiger partial charge in [0.1, 0.15) is 5.82 Å². The third-order valence-corrected chi connectivity index (χ3v) is 4.17. The highest BCUT2D eigenvalue weighted by Gasteiger charge is 2.02. The van der Waals surface area contributed by atoms with Crippen LogP contribution in [-0.4, -0.2) is 19.0 Å². The number of aliphatic imine (C=N–C) groups is 1. The SMILES string of the molecule is CCNC(=NCc1cccs1)NCCc1ccc(F)cc1C. The molecule has 118 valence electrons. The van der Waals surface area contributed by atoms with E-state index in [-0.39, 0.29) is 5.82 Å². The summed E-state index contributed by atoms with van der Waals surface area (Å²) in [5.41, 5.74) is 2.14. The molecule has 0 aliphatic rings. The van der Waals surface area contributed by atoms with Gasteiger partial charge in [-0.05, 0) is 55.0 Å². The maximum atomic E-state index is 13.1. The van der Waals surface area contributed by atoms with Crippen LogP contribution in [0.4, 0.5) is 4.39 Å². The minimum absolute atomic E-state index is 0.181. The molecule has 0 amide bonds. The van der Waals surface area contributed by atoms with Gasteiger partial charge in [-0.15, -0.1) is 11.3 Å². The predicted octanol–water partition coefficient (Wildman–Crippen LogP) is 3.49. The lowest BCUT2D eigenvalue weighted by molar-refractivity contribution is 0.625. The number of hydrogen-bond acceptors (Lipinski definition) is 2. The molecular weight excluding hydrogens is 297 g/mol. The fourth-order valence-electron chi connectivity index (χ4n) is 2.16. The number of guanidine groups is 1. The lowest BCUT2D eigenvalue weighted by atomic mass is 10.1. The summed E-state index contributed by atoms with van der Waals surface area (Å²) in [6, 6.07) is 9.05. The van der Waals surface area contributed by atoms with Crippen LogP contribution in [0.3, 0.4) is 0 Å². The lowest BCUT2D eigenvalue weighted by Crippen LogP contribution is -2.38. The van der Waals surface area contributed by atoms with Crippen molar-refractivity contribution in [2.24, 2.45) is 4.99 Å². The molecule has 0 radical (unpaired) electrons. The quantitative estimate of drug-likeness (QED) is 0.631. The zero-order valence-electron chi connectivity index (χ0n) is 13.0. The summed E-state index contributed by atoms with van der Waals surface area (Å²) in [5, 5.41) is 8.62. The zero-order valence-corrected chi connectivity index (χ0v) is 13.8. The van der Waals surface area contributed by atoms with E-state index in [1.165, 1.54) is 10.9 Å². The van der Waals surface area contributed by atoms with Gasteiger partial charge in [0.05, 0.1) is 6.54 Å². The van der Waals surface area contributed by atoms with Crippen molar-refractivity contribution in [3.8, 4) is 0 Å². The van der Waals surface area contributed by atoms with Gasteiger partial charge in [-0.2, -0.15) is 0 Å². The van der Waals surface area contributed by atoms with E-state index in [0.29, 0.717) is 6.54 Å². The molecule has 1 aromatic carbocycles. The standard InChI is InChI=1S/C17H22FN3S/c1-3-19-17(21-12-16-5-4-10-22-16)20-9-8-14-6-7-15(18)11-13(14)2/h4-7,10-11H,3,8-9,12H2,1-2H3,(H2,19,20,21). The van der Waals surface area contributed by atoms with Crippen molar-refractivity contribution in [2.45, 2.75) is 26.8 Å². The van der Waals surface area contributed by atoms with Crippen LogP contribution in [0.5, 0.6) is 0 Å². The Kier molecular flexibility index (Phi) is 6.40. The lowest BCUT2D eigenvalue weighted by Gasteiger charge is -2.12. The van der Waals surface area contributed by atoms with Gasteiger partial charge >= 0.3 is 0 Å². The van der Waals surface area contributed by atoms with Crippen LogP contribution in [-0.2, 0) is 13.0 Å². The third-order valence-electron chi connectivity index (χ3n) is 3.31. The van der Waals surface area contributed by atoms with Gasteiger partial charge in [0, 0.05) is 18.0 Å². The molecule has 0 unspecified atom stereocenters. The molecule has 2 aromatic rings. The topological polar surface area (TPSA) is 36.4 Å². The first kappa shape index (κ1) is 16.5. The fourth-order valence-corrected chi connectivity index (χ4v) is 2.78. The number of thiophene rings is 1. The third kappa shape index (κ3) is 5.15. The summed E-state index contributed by atoms with van der Waals surface area (Å²) in [7, 11) is 0. The van der Waals surface area contributed by atoms with Gasteiger partial charge in [-0.3, -0.25) is 0 Å². The van der Waals surface area contributed by atoms with Crippen molar-refractivity contribution in [1.29, 1.82) is 0 Å². The molecule has 0 spiro atoms. The van der Waals surface area contributed by atoms with Gasteiger partial charge < -0.3 is 10.6 Å². The van der Waals surface area contributed by atoms with Crippen molar-refractivity contribution >= 4 is 17.3 Å². The average Bonchev–Trinajstić information content (AvgIpc) is 3.00. The highest BCUT2D eigenvalue weighted by molar-refractivity contribution is 7.09. The second kappa shape index (κ2) is 8.54. The Morgan fingerprint density at radius 2 is 2.14 bits per heavy atom. The number of aryl methyl sites for hydroxylation is 1. The van der Waals surface area contributed by atoms with Crippen molar-refractivity contribution in [3.05, 3.63) is 57.5 Å². The minimum atomic E-state index is -0.181. The van der Waals surface area contributed by atoms with E-state index < -0.39 is 0 Å². The van der Waals surface area contributed by atoms with E-state index in [2.05, 4.69) is 27.1 Å². The number of nitrogens with zero attached hydrogens (tertiary/aromatic N) is 1. The van der Waals surface area contributed by atoms with Gasteiger partial charge in [-0.25, -0.2) is 9.38 Å². The van der Waals surface area contributed by atoms with Crippen LogP contribution in [0.1, 0.15) is 22.9 Å². The summed E-state index contributed by atoms with van der Waals surface area (Å²) in [5.74, 6) is 0.635. The molecular formula is C17H22FN3S. The first-order valence-electron chi connectivity index (χ1n) is 7.48. The van der Waals surface area contributed by atoms with Gasteiger partial charge in [0.15, 0.2) is 5.96 Å². The second-order valence-electron chi connectivity index (χ2n) is 5.02. The van der Waals surface area contributed by atoms with Gasteiger partial charge in [0.2, 0.25) is 0 Å².